The molecule has 0 heterocycles. The first-order valence-corrected chi connectivity index (χ1v) is 5.38. The molecule has 3 N–H and O–H groups in total. The summed E-state index contributed by atoms with van der Waals surface area (Å²) in [7, 11) is 0. The molecule has 0 aliphatic rings. The Bertz CT molecular complexity index is 385. The van der Waals surface area contributed by atoms with E-state index in [1.807, 2.05) is 30.3 Å². The number of hydrogen-bond acceptors (Lipinski definition) is 3. The van der Waals surface area contributed by atoms with Gasteiger partial charge in [0.05, 0.1) is 6.61 Å². The Labute approximate surface area is 101 Å². The average Bonchev–Trinajstić information content (AvgIpc) is 2.35. The van der Waals surface area contributed by atoms with Crippen molar-refractivity contribution >= 4 is 12.0 Å². The van der Waals surface area contributed by atoms with E-state index in [1.165, 1.54) is 13.0 Å². The Morgan fingerprint density at radius 2 is 2.06 bits per heavy atom. The number of carbonyl (C=O) groups is 1. The number of aliphatic hydroxyl groups excluding tert-OH is 1. The first-order chi connectivity index (χ1) is 8.03. The van der Waals surface area contributed by atoms with Gasteiger partial charge < -0.3 is 15.5 Å². The maximum atomic E-state index is 11.4. The number of nitrogens with one attached hydrogen (secondary N) is 1. The fraction of sp³-hybridized carbons (Fsp3) is 0.308. The molecule has 1 atom stereocenters. The van der Waals surface area contributed by atoms with E-state index in [2.05, 4.69) is 5.32 Å². The molecule has 0 spiro atoms. The van der Waals surface area contributed by atoms with Crippen LogP contribution in [0.3, 0.4) is 0 Å². The molecule has 0 fully saturated rings. The SMILES string of the molecule is CC(O)(CO)CNC(=O)C=Cc1ccccc1. The van der Waals surface area contributed by atoms with Gasteiger partial charge in [0.2, 0.25) is 5.91 Å². The van der Waals surface area contributed by atoms with Crippen molar-refractivity contribution in [2.24, 2.45) is 0 Å². The summed E-state index contributed by atoms with van der Waals surface area (Å²) >= 11 is 0. The molecule has 0 bridgehead atoms. The van der Waals surface area contributed by atoms with Gasteiger partial charge in [-0.2, -0.15) is 0 Å². The molecular formula is C13H17NO3. The van der Waals surface area contributed by atoms with Crippen LogP contribution >= 0.6 is 0 Å². The van der Waals surface area contributed by atoms with Gasteiger partial charge in [0, 0.05) is 12.6 Å². The lowest BCUT2D eigenvalue weighted by Gasteiger charge is -2.19. The van der Waals surface area contributed by atoms with Crippen molar-refractivity contribution in [3.63, 3.8) is 0 Å². The smallest absolute Gasteiger partial charge is 0.244 e. The molecule has 4 heteroatoms. The zero-order valence-electron chi connectivity index (χ0n) is 9.76. The summed E-state index contributed by atoms with van der Waals surface area (Å²) < 4.78 is 0. The van der Waals surface area contributed by atoms with Crippen molar-refractivity contribution in [1.29, 1.82) is 0 Å². The molecule has 17 heavy (non-hydrogen) atoms. The Morgan fingerprint density at radius 1 is 1.41 bits per heavy atom. The monoisotopic (exact) mass is 235 g/mol. The van der Waals surface area contributed by atoms with E-state index < -0.39 is 12.2 Å². The summed E-state index contributed by atoms with van der Waals surface area (Å²) in [6.45, 7) is 1.07. The molecule has 92 valence electrons. The van der Waals surface area contributed by atoms with Gasteiger partial charge in [-0.3, -0.25) is 4.79 Å². The molecule has 1 rings (SSSR count). The van der Waals surface area contributed by atoms with Crippen molar-refractivity contribution in [2.75, 3.05) is 13.2 Å². The van der Waals surface area contributed by atoms with Crippen molar-refractivity contribution in [1.82, 2.24) is 5.32 Å². The third-order valence-corrected chi connectivity index (χ3v) is 2.21. The fourth-order valence-electron chi connectivity index (χ4n) is 1.13. The number of aliphatic hydroxyl groups is 2. The molecule has 1 aromatic rings. The zero-order valence-corrected chi connectivity index (χ0v) is 9.76. The van der Waals surface area contributed by atoms with Crippen molar-refractivity contribution < 1.29 is 15.0 Å². The highest BCUT2D eigenvalue weighted by molar-refractivity contribution is 5.91. The van der Waals surface area contributed by atoms with Gasteiger partial charge in [-0.05, 0) is 18.6 Å². The van der Waals surface area contributed by atoms with Crippen LogP contribution in [0.15, 0.2) is 36.4 Å². The molecular weight excluding hydrogens is 218 g/mol. The summed E-state index contributed by atoms with van der Waals surface area (Å²) in [5.74, 6) is -0.303. The summed E-state index contributed by atoms with van der Waals surface area (Å²) in [5, 5.41) is 20.8. The normalized spacial score (nSPS) is 14.5. The van der Waals surface area contributed by atoms with Gasteiger partial charge in [0.15, 0.2) is 0 Å². The predicted octanol–water partition coefficient (Wildman–Crippen LogP) is 0.559. The van der Waals surface area contributed by atoms with E-state index in [1.54, 1.807) is 6.08 Å². The molecule has 0 aromatic heterocycles. The highest BCUT2D eigenvalue weighted by atomic mass is 16.3. The molecule has 1 unspecified atom stereocenters. The molecule has 4 nitrogen and oxygen atoms in total. The molecule has 0 aliphatic heterocycles. The van der Waals surface area contributed by atoms with Crippen LogP contribution in [0.1, 0.15) is 12.5 Å². The van der Waals surface area contributed by atoms with Crippen molar-refractivity contribution in [3.05, 3.63) is 42.0 Å². The molecule has 0 saturated carbocycles. The van der Waals surface area contributed by atoms with E-state index in [9.17, 15) is 9.90 Å². The van der Waals surface area contributed by atoms with Crippen molar-refractivity contribution in [3.8, 4) is 0 Å². The number of rotatable bonds is 5. The van der Waals surface area contributed by atoms with Gasteiger partial charge in [0.1, 0.15) is 5.60 Å². The molecule has 1 amide bonds. The van der Waals surface area contributed by atoms with E-state index in [0.717, 1.165) is 5.56 Å². The highest BCUT2D eigenvalue weighted by Gasteiger charge is 2.18. The minimum absolute atomic E-state index is 0.0153. The van der Waals surface area contributed by atoms with Crippen LogP contribution in [0.4, 0.5) is 0 Å². The second-order valence-electron chi connectivity index (χ2n) is 4.12. The average molecular weight is 235 g/mol. The second kappa shape index (κ2) is 6.18. The topological polar surface area (TPSA) is 69.6 Å². The Hall–Kier alpha value is -1.65. The van der Waals surface area contributed by atoms with Crippen LogP contribution in [-0.2, 0) is 4.79 Å². The standard InChI is InChI=1S/C13H17NO3/c1-13(17,10-15)9-14-12(16)8-7-11-5-3-2-4-6-11/h2-8,15,17H,9-10H2,1H3,(H,14,16). The second-order valence-corrected chi connectivity index (χ2v) is 4.12. The van der Waals surface area contributed by atoms with Crippen LogP contribution in [0.2, 0.25) is 0 Å². The Morgan fingerprint density at radius 3 is 2.65 bits per heavy atom. The third kappa shape index (κ3) is 5.29. The summed E-state index contributed by atoms with van der Waals surface area (Å²) in [5.41, 5.74) is -0.354. The summed E-state index contributed by atoms with van der Waals surface area (Å²) in [4.78, 5) is 11.4. The lowest BCUT2D eigenvalue weighted by Crippen LogP contribution is -2.42. The number of carbonyl (C=O) groups excluding carboxylic acids is 1. The number of amides is 1. The van der Waals surface area contributed by atoms with Crippen LogP contribution in [0.5, 0.6) is 0 Å². The van der Waals surface area contributed by atoms with Gasteiger partial charge in [-0.25, -0.2) is 0 Å². The Kier molecular flexibility index (Phi) is 4.87. The lowest BCUT2D eigenvalue weighted by molar-refractivity contribution is -0.117. The largest absolute Gasteiger partial charge is 0.393 e. The summed E-state index contributed by atoms with van der Waals surface area (Å²) in [6.07, 6.45) is 3.08. The first kappa shape index (κ1) is 13.4. The summed E-state index contributed by atoms with van der Waals surface area (Å²) in [6, 6.07) is 9.43. The minimum atomic E-state index is -1.28. The zero-order chi connectivity index (χ0) is 12.7. The molecule has 0 aliphatic carbocycles. The highest BCUT2D eigenvalue weighted by Crippen LogP contribution is 2.01. The van der Waals surface area contributed by atoms with Gasteiger partial charge in [-0.1, -0.05) is 30.3 Å². The van der Waals surface area contributed by atoms with Crippen LogP contribution in [0, 0.1) is 0 Å². The van der Waals surface area contributed by atoms with Crippen LogP contribution in [-0.4, -0.2) is 34.9 Å². The number of hydrogen-bond donors (Lipinski definition) is 3. The van der Waals surface area contributed by atoms with Gasteiger partial charge >= 0.3 is 0 Å². The maximum Gasteiger partial charge on any atom is 0.244 e. The first-order valence-electron chi connectivity index (χ1n) is 5.38. The lowest BCUT2D eigenvalue weighted by atomic mass is 10.1. The van der Waals surface area contributed by atoms with E-state index in [0.29, 0.717) is 0 Å². The van der Waals surface area contributed by atoms with Crippen molar-refractivity contribution in [2.45, 2.75) is 12.5 Å². The molecule has 0 saturated heterocycles. The number of benzene rings is 1. The Balaban J connectivity index is 2.43. The maximum absolute atomic E-state index is 11.4. The van der Waals surface area contributed by atoms with E-state index >= 15 is 0 Å². The van der Waals surface area contributed by atoms with Crippen LogP contribution in [0.25, 0.3) is 6.08 Å². The van der Waals surface area contributed by atoms with E-state index in [-0.39, 0.29) is 12.5 Å². The van der Waals surface area contributed by atoms with Crippen LogP contribution < -0.4 is 5.32 Å². The molecule has 0 radical (unpaired) electrons. The quantitative estimate of drug-likeness (QED) is 0.653. The van der Waals surface area contributed by atoms with E-state index in [4.69, 9.17) is 5.11 Å². The van der Waals surface area contributed by atoms with Gasteiger partial charge in [0.25, 0.3) is 0 Å². The minimum Gasteiger partial charge on any atom is -0.393 e. The predicted molar refractivity (Wildman–Crippen MR) is 66.2 cm³/mol. The van der Waals surface area contributed by atoms with Gasteiger partial charge in [-0.15, -0.1) is 0 Å². The third-order valence-electron chi connectivity index (χ3n) is 2.21. The fourth-order valence-corrected chi connectivity index (χ4v) is 1.13. The molecule has 1 aromatic carbocycles.